The van der Waals surface area contributed by atoms with Crippen molar-refractivity contribution < 1.29 is 23.1 Å². The quantitative estimate of drug-likeness (QED) is 0.671. The van der Waals surface area contributed by atoms with Crippen LogP contribution in [-0.4, -0.2) is 31.2 Å². The summed E-state index contributed by atoms with van der Waals surface area (Å²) >= 11 is 0. The van der Waals surface area contributed by atoms with E-state index in [1.165, 1.54) is 12.1 Å². The van der Waals surface area contributed by atoms with E-state index in [1.54, 1.807) is 45.0 Å². The van der Waals surface area contributed by atoms with E-state index in [2.05, 4.69) is 10.0 Å². The lowest BCUT2D eigenvalue weighted by Gasteiger charge is -2.12. The van der Waals surface area contributed by atoms with E-state index in [0.29, 0.717) is 23.4 Å². The van der Waals surface area contributed by atoms with E-state index in [1.807, 2.05) is 0 Å². The Hall–Kier alpha value is -2.87. The van der Waals surface area contributed by atoms with E-state index in [-0.39, 0.29) is 16.9 Å². The van der Waals surface area contributed by atoms with Crippen molar-refractivity contribution in [3.63, 3.8) is 0 Å². The summed E-state index contributed by atoms with van der Waals surface area (Å²) in [5.74, 6) is -1.55. The molecular weight excluding hydrogens is 368 g/mol. The number of carbonyl (C=O) groups excluding carboxylic acids is 1. The molecule has 0 aliphatic heterocycles. The smallest absolute Gasteiger partial charge is 0.336 e. The van der Waals surface area contributed by atoms with E-state index in [9.17, 15) is 23.1 Å². The number of sulfonamides is 1. The number of aromatic carboxylic acids is 1. The summed E-state index contributed by atoms with van der Waals surface area (Å²) in [6, 6.07) is 9.22. The highest BCUT2D eigenvalue weighted by molar-refractivity contribution is 7.92. The molecule has 0 unspecified atom stereocenters. The summed E-state index contributed by atoms with van der Waals surface area (Å²) in [4.78, 5) is 23.8. The largest absolute Gasteiger partial charge is 0.478 e. The Morgan fingerprint density at radius 1 is 1.07 bits per heavy atom. The number of benzene rings is 2. The van der Waals surface area contributed by atoms with E-state index in [0.717, 1.165) is 5.56 Å². The maximum atomic E-state index is 12.5. The molecule has 0 atom stereocenters. The Bertz CT molecular complexity index is 984. The minimum absolute atomic E-state index is 0.00997. The van der Waals surface area contributed by atoms with Crippen LogP contribution in [0.15, 0.2) is 36.4 Å². The van der Waals surface area contributed by atoms with Crippen LogP contribution in [0.4, 0.5) is 11.4 Å². The molecule has 7 nitrogen and oxygen atoms in total. The summed E-state index contributed by atoms with van der Waals surface area (Å²) in [5, 5.41) is 11.9. The maximum absolute atomic E-state index is 12.5. The second kappa shape index (κ2) is 8.22. The van der Waals surface area contributed by atoms with Gasteiger partial charge < -0.3 is 10.4 Å². The number of hydrogen-bond acceptors (Lipinski definition) is 4. The highest BCUT2D eigenvalue weighted by Gasteiger charge is 2.15. The lowest BCUT2D eigenvalue weighted by molar-refractivity contribution is 0.0695. The fourth-order valence-electron chi connectivity index (χ4n) is 2.64. The molecule has 0 radical (unpaired) electrons. The third-order valence-electron chi connectivity index (χ3n) is 3.92. The molecule has 2 aromatic carbocycles. The van der Waals surface area contributed by atoms with Gasteiger partial charge in [0.25, 0.3) is 5.91 Å². The van der Waals surface area contributed by atoms with Gasteiger partial charge in [0.1, 0.15) is 0 Å². The summed E-state index contributed by atoms with van der Waals surface area (Å²) < 4.78 is 26.2. The highest BCUT2D eigenvalue weighted by atomic mass is 32.2. The van der Waals surface area contributed by atoms with Crippen molar-refractivity contribution in [2.75, 3.05) is 15.8 Å². The molecule has 0 aliphatic carbocycles. The zero-order valence-corrected chi connectivity index (χ0v) is 16.2. The molecule has 0 aliphatic rings. The number of rotatable bonds is 7. The Morgan fingerprint density at radius 2 is 1.78 bits per heavy atom. The number of nitrogens with one attached hydrogen (secondary N) is 2. The summed E-state index contributed by atoms with van der Waals surface area (Å²) in [6.45, 7) is 5.22. The first-order chi connectivity index (χ1) is 12.6. The number of carbonyl (C=O) groups is 2. The molecule has 0 fully saturated rings. The van der Waals surface area contributed by atoms with Gasteiger partial charge in [-0.05, 0) is 55.7 Å². The second-order valence-electron chi connectivity index (χ2n) is 6.24. The topological polar surface area (TPSA) is 113 Å². The van der Waals surface area contributed by atoms with Gasteiger partial charge in [0.15, 0.2) is 0 Å². The molecule has 27 heavy (non-hydrogen) atoms. The molecular formula is C19H22N2O5S. The van der Waals surface area contributed by atoms with Crippen LogP contribution in [0.2, 0.25) is 0 Å². The first-order valence-corrected chi connectivity index (χ1v) is 10.0. The highest BCUT2D eigenvalue weighted by Crippen LogP contribution is 2.22. The van der Waals surface area contributed by atoms with Gasteiger partial charge in [-0.25, -0.2) is 13.2 Å². The van der Waals surface area contributed by atoms with Crippen molar-refractivity contribution in [3.05, 3.63) is 58.7 Å². The Kier molecular flexibility index (Phi) is 6.22. The standard InChI is InChI=1S/C19H22N2O5S/c1-4-8-27(25,26)21-15-7-5-6-14(10-15)18(22)20-17-11-16(19(23)24)12(2)9-13(17)3/h5-7,9-11,21H,4,8H2,1-3H3,(H,20,22)(H,23,24). The van der Waals surface area contributed by atoms with Crippen molar-refractivity contribution >= 4 is 33.3 Å². The minimum Gasteiger partial charge on any atom is -0.478 e. The SMILES string of the molecule is CCCS(=O)(=O)Nc1cccc(C(=O)Nc2cc(C(=O)O)c(C)cc2C)c1. The zero-order valence-electron chi connectivity index (χ0n) is 15.4. The monoisotopic (exact) mass is 390 g/mol. The normalized spacial score (nSPS) is 11.1. The molecule has 1 amide bonds. The zero-order chi connectivity index (χ0) is 20.2. The Balaban J connectivity index is 2.26. The number of carboxylic acids is 1. The number of amides is 1. The molecule has 0 saturated carbocycles. The third-order valence-corrected chi connectivity index (χ3v) is 5.41. The molecule has 0 aromatic heterocycles. The molecule has 0 spiro atoms. The molecule has 0 heterocycles. The summed E-state index contributed by atoms with van der Waals surface area (Å²) in [5.41, 5.74) is 2.37. The lowest BCUT2D eigenvalue weighted by atomic mass is 10.0. The summed E-state index contributed by atoms with van der Waals surface area (Å²) in [7, 11) is -3.46. The van der Waals surface area contributed by atoms with Crippen LogP contribution < -0.4 is 10.0 Å². The minimum atomic E-state index is -3.46. The fourth-order valence-corrected chi connectivity index (χ4v) is 3.76. The summed E-state index contributed by atoms with van der Waals surface area (Å²) in [6.07, 6.45) is 0.480. The number of hydrogen-bond donors (Lipinski definition) is 3. The molecule has 8 heteroatoms. The van der Waals surface area contributed by atoms with Gasteiger partial charge in [-0.15, -0.1) is 0 Å². The lowest BCUT2D eigenvalue weighted by Crippen LogP contribution is -2.17. The van der Waals surface area contributed by atoms with E-state index in [4.69, 9.17) is 0 Å². The molecule has 3 N–H and O–H groups in total. The van der Waals surface area contributed by atoms with Crippen LogP contribution in [0, 0.1) is 13.8 Å². The van der Waals surface area contributed by atoms with Gasteiger partial charge in [-0.2, -0.15) is 0 Å². The first kappa shape index (κ1) is 20.4. The fraction of sp³-hybridized carbons (Fsp3) is 0.263. The number of carboxylic acid groups (broad SMARTS) is 1. The van der Waals surface area contributed by atoms with Crippen molar-refractivity contribution in [3.8, 4) is 0 Å². The van der Waals surface area contributed by atoms with Gasteiger partial charge in [-0.1, -0.05) is 19.1 Å². The second-order valence-corrected chi connectivity index (χ2v) is 8.08. The van der Waals surface area contributed by atoms with Crippen molar-refractivity contribution in [1.82, 2.24) is 0 Å². The average molecular weight is 390 g/mol. The predicted molar refractivity (Wildman–Crippen MR) is 105 cm³/mol. The molecule has 0 bridgehead atoms. The van der Waals surface area contributed by atoms with Gasteiger partial charge in [-0.3, -0.25) is 9.52 Å². The molecule has 0 saturated heterocycles. The molecule has 2 aromatic rings. The van der Waals surface area contributed by atoms with Crippen molar-refractivity contribution in [2.24, 2.45) is 0 Å². The first-order valence-electron chi connectivity index (χ1n) is 8.39. The van der Waals surface area contributed by atoms with Crippen LogP contribution in [-0.2, 0) is 10.0 Å². The van der Waals surface area contributed by atoms with Gasteiger partial charge in [0.2, 0.25) is 10.0 Å². The van der Waals surface area contributed by atoms with Gasteiger partial charge >= 0.3 is 5.97 Å². The van der Waals surface area contributed by atoms with Crippen LogP contribution in [0.3, 0.4) is 0 Å². The van der Waals surface area contributed by atoms with Crippen LogP contribution in [0.5, 0.6) is 0 Å². The molecule has 2 rings (SSSR count). The van der Waals surface area contributed by atoms with Crippen LogP contribution >= 0.6 is 0 Å². The predicted octanol–water partition coefficient (Wildman–Crippen LogP) is 3.41. The third kappa shape index (κ3) is 5.30. The van der Waals surface area contributed by atoms with Crippen LogP contribution in [0.25, 0.3) is 0 Å². The van der Waals surface area contributed by atoms with Crippen molar-refractivity contribution in [1.29, 1.82) is 0 Å². The number of aryl methyl sites for hydroxylation is 2. The van der Waals surface area contributed by atoms with Crippen LogP contribution in [0.1, 0.15) is 45.2 Å². The maximum Gasteiger partial charge on any atom is 0.336 e. The van der Waals surface area contributed by atoms with E-state index >= 15 is 0 Å². The number of anilines is 2. The Morgan fingerprint density at radius 3 is 2.41 bits per heavy atom. The van der Waals surface area contributed by atoms with E-state index < -0.39 is 21.9 Å². The Labute approximate surface area is 158 Å². The molecule has 144 valence electrons. The van der Waals surface area contributed by atoms with Crippen molar-refractivity contribution in [2.45, 2.75) is 27.2 Å². The van der Waals surface area contributed by atoms with Gasteiger partial charge in [0, 0.05) is 16.9 Å². The van der Waals surface area contributed by atoms with Gasteiger partial charge in [0.05, 0.1) is 11.3 Å². The average Bonchev–Trinajstić information content (AvgIpc) is 2.56.